The number of hydrogen-bond acceptors (Lipinski definition) is 3. The predicted octanol–water partition coefficient (Wildman–Crippen LogP) is 3.72. The number of carboxylic acids is 1. The first-order valence-electron chi connectivity index (χ1n) is 6.71. The van der Waals surface area contributed by atoms with Crippen molar-refractivity contribution in [1.29, 1.82) is 0 Å². The standard InChI is InChI=1S/C15H16FNO2S/c1-17(9-4-2-5-9)8-10-13-11(16)6-3-7-12(13)20-14(10)15(18)19/h3,6-7,9H,2,4-5,8H2,1H3,(H,18,19). The van der Waals surface area contributed by atoms with Gasteiger partial charge in [0.1, 0.15) is 10.7 Å². The van der Waals surface area contributed by atoms with Gasteiger partial charge in [0.2, 0.25) is 0 Å². The lowest BCUT2D eigenvalue weighted by atomic mass is 9.91. The average molecular weight is 293 g/mol. The van der Waals surface area contributed by atoms with E-state index in [1.54, 1.807) is 12.1 Å². The summed E-state index contributed by atoms with van der Waals surface area (Å²) in [7, 11) is 1.99. The van der Waals surface area contributed by atoms with Gasteiger partial charge in [-0.15, -0.1) is 11.3 Å². The Bertz CT molecular complexity index is 663. The Hall–Kier alpha value is -1.46. The molecule has 20 heavy (non-hydrogen) atoms. The van der Waals surface area contributed by atoms with Crippen molar-refractivity contribution >= 4 is 27.4 Å². The zero-order valence-electron chi connectivity index (χ0n) is 11.2. The highest BCUT2D eigenvalue weighted by Crippen LogP contribution is 2.35. The Labute approximate surface area is 120 Å². The molecule has 1 aromatic heterocycles. The third-order valence-corrected chi connectivity index (χ3v) is 5.25. The molecule has 2 aromatic rings. The molecule has 1 fully saturated rings. The fraction of sp³-hybridized carbons (Fsp3) is 0.400. The molecular formula is C15H16FNO2S. The molecule has 1 N–H and O–H groups in total. The average Bonchev–Trinajstić information content (AvgIpc) is 2.67. The molecule has 5 heteroatoms. The van der Waals surface area contributed by atoms with E-state index >= 15 is 0 Å². The Morgan fingerprint density at radius 3 is 2.85 bits per heavy atom. The smallest absolute Gasteiger partial charge is 0.346 e. The first kappa shape index (κ1) is 13.5. The van der Waals surface area contributed by atoms with Crippen LogP contribution < -0.4 is 0 Å². The molecule has 3 rings (SSSR count). The maximum absolute atomic E-state index is 14.1. The van der Waals surface area contributed by atoms with Gasteiger partial charge in [-0.25, -0.2) is 9.18 Å². The molecular weight excluding hydrogens is 277 g/mol. The van der Waals surface area contributed by atoms with E-state index in [0.717, 1.165) is 24.2 Å². The Morgan fingerprint density at radius 1 is 1.50 bits per heavy atom. The van der Waals surface area contributed by atoms with Crippen molar-refractivity contribution in [2.45, 2.75) is 31.8 Å². The third-order valence-electron chi connectivity index (χ3n) is 4.06. The number of thiophene rings is 1. The quantitative estimate of drug-likeness (QED) is 0.934. The van der Waals surface area contributed by atoms with E-state index in [1.165, 1.54) is 12.5 Å². The van der Waals surface area contributed by atoms with Crippen molar-refractivity contribution in [3.05, 3.63) is 34.5 Å². The summed E-state index contributed by atoms with van der Waals surface area (Å²) in [6, 6.07) is 5.30. The molecule has 1 saturated carbocycles. The van der Waals surface area contributed by atoms with Crippen LogP contribution in [-0.2, 0) is 6.54 Å². The molecule has 3 nitrogen and oxygen atoms in total. The molecule has 0 aliphatic heterocycles. The molecule has 0 bridgehead atoms. The van der Waals surface area contributed by atoms with Gasteiger partial charge in [0, 0.05) is 28.2 Å². The van der Waals surface area contributed by atoms with Crippen molar-refractivity contribution in [2.75, 3.05) is 7.05 Å². The van der Waals surface area contributed by atoms with Crippen LogP contribution in [0.2, 0.25) is 0 Å². The summed E-state index contributed by atoms with van der Waals surface area (Å²) in [6.45, 7) is 0.493. The Morgan fingerprint density at radius 2 is 2.25 bits per heavy atom. The molecule has 0 atom stereocenters. The number of carbonyl (C=O) groups is 1. The van der Waals surface area contributed by atoms with Crippen LogP contribution in [0.25, 0.3) is 10.1 Å². The lowest BCUT2D eigenvalue weighted by Crippen LogP contribution is -2.36. The summed E-state index contributed by atoms with van der Waals surface area (Å²) in [5.74, 6) is -1.30. The van der Waals surface area contributed by atoms with Crippen LogP contribution in [0.1, 0.15) is 34.5 Å². The number of hydrogen-bond donors (Lipinski definition) is 1. The maximum Gasteiger partial charge on any atom is 0.346 e. The number of halogens is 1. The Balaban J connectivity index is 2.06. The van der Waals surface area contributed by atoms with Gasteiger partial charge in [-0.3, -0.25) is 4.90 Å². The van der Waals surface area contributed by atoms with Crippen LogP contribution in [0.15, 0.2) is 18.2 Å². The number of nitrogens with zero attached hydrogens (tertiary/aromatic N) is 1. The molecule has 1 heterocycles. The van der Waals surface area contributed by atoms with Crippen molar-refractivity contribution in [1.82, 2.24) is 4.90 Å². The minimum atomic E-state index is -0.970. The van der Waals surface area contributed by atoms with Crippen molar-refractivity contribution in [3.8, 4) is 0 Å². The normalized spacial score (nSPS) is 15.8. The van der Waals surface area contributed by atoms with Crippen molar-refractivity contribution in [3.63, 3.8) is 0 Å². The molecule has 0 radical (unpaired) electrons. The highest BCUT2D eigenvalue weighted by Gasteiger charge is 2.26. The highest BCUT2D eigenvalue weighted by molar-refractivity contribution is 7.21. The van der Waals surface area contributed by atoms with E-state index in [-0.39, 0.29) is 10.7 Å². The zero-order valence-corrected chi connectivity index (χ0v) is 12.0. The number of rotatable bonds is 4. The van der Waals surface area contributed by atoms with Gasteiger partial charge in [-0.1, -0.05) is 12.5 Å². The van der Waals surface area contributed by atoms with E-state index in [4.69, 9.17) is 0 Å². The van der Waals surface area contributed by atoms with Gasteiger partial charge in [0.05, 0.1) is 0 Å². The van der Waals surface area contributed by atoms with Crippen LogP contribution >= 0.6 is 11.3 Å². The molecule has 0 saturated heterocycles. The van der Waals surface area contributed by atoms with Crippen molar-refractivity contribution in [2.24, 2.45) is 0 Å². The third kappa shape index (κ3) is 2.21. The SMILES string of the molecule is CN(Cc1c(C(=O)O)sc2cccc(F)c12)C1CCC1. The van der Waals surface area contributed by atoms with Gasteiger partial charge in [-0.2, -0.15) is 0 Å². The second kappa shape index (κ2) is 5.14. The summed E-state index contributed by atoms with van der Waals surface area (Å²) in [5.41, 5.74) is 0.616. The minimum Gasteiger partial charge on any atom is -0.477 e. The molecule has 0 spiro atoms. The lowest BCUT2D eigenvalue weighted by Gasteiger charge is -2.34. The molecule has 0 unspecified atom stereocenters. The van der Waals surface area contributed by atoms with Crippen LogP contribution in [0.4, 0.5) is 4.39 Å². The summed E-state index contributed by atoms with van der Waals surface area (Å²) in [6.07, 6.45) is 3.51. The van der Waals surface area contributed by atoms with Crippen LogP contribution in [0.5, 0.6) is 0 Å². The van der Waals surface area contributed by atoms with E-state index in [0.29, 0.717) is 28.2 Å². The summed E-state index contributed by atoms with van der Waals surface area (Å²) in [5, 5.41) is 9.82. The van der Waals surface area contributed by atoms with Gasteiger partial charge < -0.3 is 5.11 Å². The lowest BCUT2D eigenvalue weighted by molar-refractivity contribution is 0.0699. The minimum absolute atomic E-state index is 0.260. The molecule has 1 aliphatic rings. The fourth-order valence-electron chi connectivity index (χ4n) is 2.70. The predicted molar refractivity (Wildman–Crippen MR) is 77.8 cm³/mol. The van der Waals surface area contributed by atoms with E-state index in [2.05, 4.69) is 4.90 Å². The number of carboxylic acid groups (broad SMARTS) is 1. The largest absolute Gasteiger partial charge is 0.477 e. The van der Waals surface area contributed by atoms with E-state index in [1.807, 2.05) is 7.05 Å². The number of benzene rings is 1. The second-order valence-corrected chi connectivity index (χ2v) is 6.38. The number of aromatic carboxylic acids is 1. The number of fused-ring (bicyclic) bond motifs is 1. The van der Waals surface area contributed by atoms with Crippen LogP contribution in [-0.4, -0.2) is 29.1 Å². The van der Waals surface area contributed by atoms with E-state index < -0.39 is 5.97 Å². The first-order valence-corrected chi connectivity index (χ1v) is 7.53. The Kier molecular flexibility index (Phi) is 3.48. The molecule has 0 amide bonds. The van der Waals surface area contributed by atoms with Gasteiger partial charge in [0.15, 0.2) is 0 Å². The van der Waals surface area contributed by atoms with Crippen LogP contribution in [0.3, 0.4) is 0 Å². The monoisotopic (exact) mass is 293 g/mol. The van der Waals surface area contributed by atoms with Gasteiger partial charge in [-0.05, 0) is 32.0 Å². The highest BCUT2D eigenvalue weighted by atomic mass is 32.1. The first-order chi connectivity index (χ1) is 9.58. The van der Waals surface area contributed by atoms with E-state index in [9.17, 15) is 14.3 Å². The summed E-state index contributed by atoms with van der Waals surface area (Å²) >= 11 is 1.16. The topological polar surface area (TPSA) is 40.5 Å². The van der Waals surface area contributed by atoms with Crippen LogP contribution in [0, 0.1) is 5.82 Å². The fourth-order valence-corrected chi connectivity index (χ4v) is 3.76. The zero-order chi connectivity index (χ0) is 14.3. The summed E-state index contributed by atoms with van der Waals surface area (Å²) in [4.78, 5) is 13.8. The summed E-state index contributed by atoms with van der Waals surface area (Å²) < 4.78 is 14.8. The molecule has 1 aromatic carbocycles. The molecule has 1 aliphatic carbocycles. The van der Waals surface area contributed by atoms with Gasteiger partial charge >= 0.3 is 5.97 Å². The molecule has 106 valence electrons. The van der Waals surface area contributed by atoms with Crippen molar-refractivity contribution < 1.29 is 14.3 Å². The van der Waals surface area contributed by atoms with Gasteiger partial charge in [0.25, 0.3) is 0 Å². The second-order valence-electron chi connectivity index (χ2n) is 5.33. The maximum atomic E-state index is 14.1.